The number of hydrogen-bond acceptors (Lipinski definition) is 4. The van der Waals surface area contributed by atoms with Crippen LogP contribution < -0.4 is 16.0 Å². The predicted octanol–water partition coefficient (Wildman–Crippen LogP) is 3.46. The van der Waals surface area contributed by atoms with Gasteiger partial charge in [0.05, 0.1) is 0 Å². The average Bonchev–Trinajstić information content (AvgIpc) is 3.61. The molecule has 1 aliphatic heterocycles. The van der Waals surface area contributed by atoms with Crippen molar-refractivity contribution in [3.8, 4) is 0 Å². The van der Waals surface area contributed by atoms with Crippen LogP contribution in [0.25, 0.3) is 10.8 Å². The first kappa shape index (κ1) is 19.7. The van der Waals surface area contributed by atoms with Gasteiger partial charge in [0.15, 0.2) is 0 Å². The van der Waals surface area contributed by atoms with Gasteiger partial charge in [-0.1, -0.05) is 18.2 Å². The molecule has 0 radical (unpaired) electrons. The Kier molecular flexibility index (Phi) is 5.38. The number of nitrogens with zero attached hydrogens (tertiary/aromatic N) is 1. The lowest BCUT2D eigenvalue weighted by atomic mass is 10.0. The van der Waals surface area contributed by atoms with Gasteiger partial charge in [0, 0.05) is 41.0 Å². The van der Waals surface area contributed by atoms with Crippen LogP contribution in [0.3, 0.4) is 0 Å². The third-order valence-electron chi connectivity index (χ3n) is 6.31. The van der Waals surface area contributed by atoms with Gasteiger partial charge in [0.25, 0.3) is 5.91 Å². The fourth-order valence-electron chi connectivity index (χ4n) is 4.37. The van der Waals surface area contributed by atoms with Gasteiger partial charge in [-0.15, -0.1) is 0 Å². The summed E-state index contributed by atoms with van der Waals surface area (Å²) < 4.78 is 0. The van der Waals surface area contributed by atoms with Gasteiger partial charge in [-0.25, -0.2) is 0 Å². The Balaban J connectivity index is 1.18. The third kappa shape index (κ3) is 4.44. The molecule has 2 fully saturated rings. The predicted molar refractivity (Wildman–Crippen MR) is 121 cm³/mol. The van der Waals surface area contributed by atoms with Crippen LogP contribution in [0.1, 0.15) is 41.1 Å². The summed E-state index contributed by atoms with van der Waals surface area (Å²) in [6.07, 6.45) is 6.34. The fraction of sp³-hybridized carbons (Fsp3) is 0.320. The molecule has 2 amide bonds. The number of benzene rings is 2. The van der Waals surface area contributed by atoms with Crippen molar-refractivity contribution in [3.05, 3.63) is 72.1 Å². The van der Waals surface area contributed by atoms with E-state index < -0.39 is 0 Å². The van der Waals surface area contributed by atoms with Crippen molar-refractivity contribution in [1.82, 2.24) is 15.6 Å². The molecule has 5 rings (SSSR count). The number of nitrogens with one attached hydrogen (secondary N) is 3. The maximum atomic E-state index is 12.7. The van der Waals surface area contributed by atoms with E-state index in [-0.39, 0.29) is 29.7 Å². The summed E-state index contributed by atoms with van der Waals surface area (Å²) in [7, 11) is 0. The summed E-state index contributed by atoms with van der Waals surface area (Å²) in [6.45, 7) is 1.90. The zero-order valence-corrected chi connectivity index (χ0v) is 17.3. The molecule has 3 aromatic rings. The number of fused-ring (bicyclic) bond motifs is 1. The topological polar surface area (TPSA) is 83.1 Å². The molecule has 1 saturated heterocycles. The molecule has 1 saturated carbocycles. The van der Waals surface area contributed by atoms with Gasteiger partial charge in [-0.05, 0) is 79.6 Å². The minimum Gasteiger partial charge on any atom is -0.349 e. The number of carbonyl (C=O) groups is 2. The zero-order chi connectivity index (χ0) is 21.2. The Morgan fingerprint density at radius 3 is 2.58 bits per heavy atom. The molecule has 158 valence electrons. The first-order valence-corrected chi connectivity index (χ1v) is 10.9. The summed E-state index contributed by atoms with van der Waals surface area (Å²) >= 11 is 0. The molecule has 1 aromatic heterocycles. The molecule has 6 nitrogen and oxygen atoms in total. The number of rotatable bonds is 5. The molecule has 2 heterocycles. The monoisotopic (exact) mass is 414 g/mol. The fourth-order valence-corrected chi connectivity index (χ4v) is 4.37. The normalized spacial score (nSPS) is 20.9. The Morgan fingerprint density at radius 2 is 1.77 bits per heavy atom. The third-order valence-corrected chi connectivity index (χ3v) is 6.31. The van der Waals surface area contributed by atoms with E-state index in [0.29, 0.717) is 5.56 Å². The van der Waals surface area contributed by atoms with Crippen molar-refractivity contribution in [1.29, 1.82) is 0 Å². The summed E-state index contributed by atoms with van der Waals surface area (Å²) in [5.74, 6) is 0.218. The van der Waals surface area contributed by atoms with E-state index in [9.17, 15) is 9.59 Å². The Bertz CT molecular complexity index is 1110. The van der Waals surface area contributed by atoms with Crippen LogP contribution in [0.4, 0.5) is 5.69 Å². The van der Waals surface area contributed by atoms with Crippen molar-refractivity contribution in [2.45, 2.75) is 31.2 Å². The molecule has 3 N–H and O–H groups in total. The lowest BCUT2D eigenvalue weighted by Crippen LogP contribution is -2.42. The number of amides is 2. The van der Waals surface area contributed by atoms with E-state index >= 15 is 0 Å². The molecule has 1 aliphatic carbocycles. The molecule has 2 atom stereocenters. The smallest absolute Gasteiger partial charge is 0.251 e. The Morgan fingerprint density at radius 1 is 0.968 bits per heavy atom. The number of hydrogen-bond donors (Lipinski definition) is 3. The van der Waals surface area contributed by atoms with Gasteiger partial charge in [0.1, 0.15) is 0 Å². The minimum atomic E-state index is -0.0254. The highest BCUT2D eigenvalue weighted by molar-refractivity contribution is 5.97. The molecular weight excluding hydrogens is 388 g/mol. The van der Waals surface area contributed by atoms with E-state index in [1.165, 1.54) is 0 Å². The van der Waals surface area contributed by atoms with Crippen LogP contribution in [0, 0.1) is 5.92 Å². The first-order chi connectivity index (χ1) is 15.2. The van der Waals surface area contributed by atoms with E-state index in [4.69, 9.17) is 0 Å². The second-order valence-electron chi connectivity index (χ2n) is 8.50. The van der Waals surface area contributed by atoms with Gasteiger partial charge < -0.3 is 16.0 Å². The van der Waals surface area contributed by atoms with Gasteiger partial charge >= 0.3 is 0 Å². The molecule has 31 heavy (non-hydrogen) atoms. The molecule has 0 bridgehead atoms. The highest BCUT2D eigenvalue weighted by atomic mass is 16.2. The van der Waals surface area contributed by atoms with Crippen molar-refractivity contribution in [3.63, 3.8) is 0 Å². The Labute approximate surface area is 181 Å². The van der Waals surface area contributed by atoms with Crippen LogP contribution in [0.2, 0.25) is 0 Å². The maximum Gasteiger partial charge on any atom is 0.251 e. The van der Waals surface area contributed by atoms with Crippen LogP contribution in [0.5, 0.6) is 0 Å². The summed E-state index contributed by atoms with van der Waals surface area (Å²) in [4.78, 5) is 29.3. The van der Waals surface area contributed by atoms with Crippen LogP contribution in [0.15, 0.2) is 60.9 Å². The van der Waals surface area contributed by atoms with Gasteiger partial charge in [-0.3, -0.25) is 14.6 Å². The SMILES string of the molecule is O=C(NC1CCNCC1)c1ccc(C2C[C@H]2C(=O)Nc2ccc3cnccc3c2)cc1. The standard InChI is InChI=1S/C25H26N4O2/c30-24(28-20-8-11-26-12-9-20)17-3-1-16(2-4-17)22-14-23(22)25(31)29-21-6-5-19-15-27-10-7-18(19)13-21/h1-7,10,13,15,20,22-23,26H,8-9,11-12,14H2,(H,28,30)(H,29,31)/t22?,23-/m1/s1. The lowest BCUT2D eigenvalue weighted by Gasteiger charge is -2.23. The van der Waals surface area contributed by atoms with Crippen molar-refractivity contribution in [2.75, 3.05) is 18.4 Å². The first-order valence-electron chi connectivity index (χ1n) is 10.9. The van der Waals surface area contributed by atoms with E-state index in [2.05, 4.69) is 20.9 Å². The van der Waals surface area contributed by atoms with Crippen LogP contribution >= 0.6 is 0 Å². The van der Waals surface area contributed by atoms with E-state index in [1.807, 2.05) is 54.7 Å². The van der Waals surface area contributed by atoms with Crippen molar-refractivity contribution >= 4 is 28.3 Å². The van der Waals surface area contributed by atoms with Crippen LogP contribution in [-0.2, 0) is 4.79 Å². The molecule has 2 aliphatic rings. The largest absolute Gasteiger partial charge is 0.349 e. The minimum absolute atomic E-state index is 0.0185. The van der Waals surface area contributed by atoms with Crippen molar-refractivity contribution in [2.24, 2.45) is 5.92 Å². The number of aromatic nitrogens is 1. The van der Waals surface area contributed by atoms with Gasteiger partial charge in [0.2, 0.25) is 5.91 Å². The quantitative estimate of drug-likeness (QED) is 0.597. The highest BCUT2D eigenvalue weighted by Crippen LogP contribution is 2.48. The van der Waals surface area contributed by atoms with E-state index in [1.54, 1.807) is 6.20 Å². The van der Waals surface area contributed by atoms with Crippen LogP contribution in [-0.4, -0.2) is 35.9 Å². The second kappa shape index (κ2) is 8.47. The van der Waals surface area contributed by atoms with Gasteiger partial charge in [-0.2, -0.15) is 0 Å². The second-order valence-corrected chi connectivity index (χ2v) is 8.50. The van der Waals surface area contributed by atoms with E-state index in [0.717, 1.165) is 54.4 Å². The number of anilines is 1. The number of piperidine rings is 1. The summed E-state index contributed by atoms with van der Waals surface area (Å²) in [5, 5.41) is 11.6. The molecular formula is C25H26N4O2. The molecule has 1 unspecified atom stereocenters. The number of pyridine rings is 1. The Hall–Kier alpha value is -3.25. The molecule has 2 aromatic carbocycles. The lowest BCUT2D eigenvalue weighted by molar-refractivity contribution is -0.117. The summed E-state index contributed by atoms with van der Waals surface area (Å²) in [5.41, 5.74) is 2.59. The highest BCUT2D eigenvalue weighted by Gasteiger charge is 2.43. The average molecular weight is 415 g/mol. The molecule has 0 spiro atoms. The molecule has 6 heteroatoms. The zero-order valence-electron chi connectivity index (χ0n) is 17.3. The van der Waals surface area contributed by atoms with Crippen molar-refractivity contribution < 1.29 is 9.59 Å². The number of carbonyl (C=O) groups excluding carboxylic acids is 2. The summed E-state index contributed by atoms with van der Waals surface area (Å²) in [6, 6.07) is 15.8. The maximum absolute atomic E-state index is 12.7.